The molecule has 4 aromatic rings. The van der Waals surface area contributed by atoms with Gasteiger partial charge in [0.1, 0.15) is 11.3 Å². The second kappa shape index (κ2) is 14.3. The van der Waals surface area contributed by atoms with Crippen molar-refractivity contribution in [2.75, 3.05) is 52.4 Å². The fourth-order valence-electron chi connectivity index (χ4n) is 5.08. The first-order chi connectivity index (χ1) is 19.6. The van der Waals surface area contributed by atoms with Crippen molar-refractivity contribution in [3.63, 3.8) is 0 Å². The molecule has 0 spiro atoms. The van der Waals surface area contributed by atoms with Gasteiger partial charge in [0.25, 0.3) is 0 Å². The summed E-state index contributed by atoms with van der Waals surface area (Å²) < 4.78 is 11.8. The smallest absolute Gasteiger partial charge is 0.234 e. The molecule has 210 valence electrons. The van der Waals surface area contributed by atoms with E-state index in [1.54, 1.807) is 12.5 Å². The van der Waals surface area contributed by atoms with E-state index in [0.717, 1.165) is 96.8 Å². The number of ether oxygens (including phenoxy) is 1. The maximum absolute atomic E-state index is 12.3. The van der Waals surface area contributed by atoms with Gasteiger partial charge in [0.15, 0.2) is 0 Å². The molecule has 5 rings (SSSR count). The topological polar surface area (TPSA) is 70.8 Å². The number of benzene rings is 2. The average Bonchev–Trinajstić information content (AvgIpc) is 3.40. The quantitative estimate of drug-likeness (QED) is 0.212. The molecule has 1 aliphatic rings. The molecule has 0 saturated carbocycles. The summed E-state index contributed by atoms with van der Waals surface area (Å²) in [7, 11) is 0. The number of aromatic nitrogens is 1. The van der Waals surface area contributed by atoms with Gasteiger partial charge in [0.05, 0.1) is 19.4 Å². The summed E-state index contributed by atoms with van der Waals surface area (Å²) in [6.07, 6.45) is 9.51. The van der Waals surface area contributed by atoms with Gasteiger partial charge >= 0.3 is 0 Å². The number of halogens is 1. The van der Waals surface area contributed by atoms with E-state index in [0.29, 0.717) is 19.7 Å². The molecule has 1 amide bonds. The molecule has 2 aromatic carbocycles. The standard InChI is InChI=1S/C32H37ClN4O3/c33-27-8-6-26(7-9-27)30-24-40-31-21-28(10-11-29(30)31)39-20-3-1-2-15-36-16-18-37(19-17-36)23-32(38)35-14-12-25-5-4-13-34-22-25/h4-11,13,21-22,24H,1-3,12,14-20,23H2,(H,35,38). The fourth-order valence-corrected chi connectivity index (χ4v) is 5.20. The normalized spacial score (nSPS) is 14.4. The SMILES string of the molecule is O=C(CN1CCN(CCCCCOc2ccc3c(-c4ccc(Cl)cc4)coc3c2)CC1)NCCc1cccnc1. The van der Waals surface area contributed by atoms with E-state index < -0.39 is 0 Å². The van der Waals surface area contributed by atoms with E-state index in [4.69, 9.17) is 20.8 Å². The lowest BCUT2D eigenvalue weighted by atomic mass is 10.0. The van der Waals surface area contributed by atoms with Crippen LogP contribution in [-0.4, -0.2) is 73.1 Å². The van der Waals surface area contributed by atoms with Crippen LogP contribution in [0.15, 0.2) is 77.7 Å². The number of piperazine rings is 1. The molecule has 0 radical (unpaired) electrons. The molecule has 0 aliphatic carbocycles. The Morgan fingerprint density at radius 1 is 1.00 bits per heavy atom. The Labute approximate surface area is 241 Å². The number of pyridine rings is 1. The third-order valence-corrected chi connectivity index (χ3v) is 7.63. The van der Waals surface area contributed by atoms with E-state index in [1.165, 1.54) is 0 Å². The number of nitrogens with one attached hydrogen (secondary N) is 1. The van der Waals surface area contributed by atoms with Crippen molar-refractivity contribution < 1.29 is 13.9 Å². The van der Waals surface area contributed by atoms with Crippen LogP contribution in [0.4, 0.5) is 0 Å². The molecule has 0 unspecified atom stereocenters. The summed E-state index contributed by atoms with van der Waals surface area (Å²) >= 11 is 6.02. The van der Waals surface area contributed by atoms with Gasteiger partial charge in [0, 0.05) is 67.2 Å². The third kappa shape index (κ3) is 8.07. The average molecular weight is 561 g/mol. The van der Waals surface area contributed by atoms with Gasteiger partial charge in [-0.05, 0) is 73.7 Å². The molecule has 1 aliphatic heterocycles. The van der Waals surface area contributed by atoms with Crippen molar-refractivity contribution in [2.45, 2.75) is 25.7 Å². The molecule has 0 atom stereocenters. The van der Waals surface area contributed by atoms with Crippen LogP contribution in [0.1, 0.15) is 24.8 Å². The van der Waals surface area contributed by atoms with Gasteiger partial charge < -0.3 is 19.4 Å². The summed E-state index contributed by atoms with van der Waals surface area (Å²) in [5.41, 5.74) is 4.10. The number of unbranched alkanes of at least 4 members (excludes halogenated alkanes) is 2. The van der Waals surface area contributed by atoms with Gasteiger partial charge in [-0.1, -0.05) is 29.8 Å². The molecular weight excluding hydrogens is 524 g/mol. The van der Waals surface area contributed by atoms with Crippen molar-refractivity contribution in [3.05, 3.63) is 83.8 Å². The van der Waals surface area contributed by atoms with Crippen molar-refractivity contribution in [1.82, 2.24) is 20.1 Å². The van der Waals surface area contributed by atoms with Crippen molar-refractivity contribution in [2.24, 2.45) is 0 Å². The fraction of sp³-hybridized carbons (Fsp3) is 0.375. The number of rotatable bonds is 13. The predicted molar refractivity (Wildman–Crippen MR) is 160 cm³/mol. The maximum atomic E-state index is 12.3. The zero-order valence-electron chi connectivity index (χ0n) is 22.9. The molecule has 8 heteroatoms. The van der Waals surface area contributed by atoms with E-state index in [9.17, 15) is 4.79 Å². The molecule has 2 aromatic heterocycles. The van der Waals surface area contributed by atoms with E-state index in [2.05, 4.69) is 26.2 Å². The largest absolute Gasteiger partial charge is 0.493 e. The molecule has 1 N–H and O–H groups in total. The molecule has 7 nitrogen and oxygen atoms in total. The molecule has 1 fully saturated rings. The minimum atomic E-state index is 0.102. The Morgan fingerprint density at radius 3 is 2.62 bits per heavy atom. The van der Waals surface area contributed by atoms with Crippen LogP contribution < -0.4 is 10.1 Å². The van der Waals surface area contributed by atoms with Crippen LogP contribution >= 0.6 is 11.6 Å². The third-order valence-electron chi connectivity index (χ3n) is 7.38. The summed E-state index contributed by atoms with van der Waals surface area (Å²) in [5.74, 6) is 0.937. The molecular formula is C32H37ClN4O3. The van der Waals surface area contributed by atoms with Crippen LogP contribution in [0, 0.1) is 0 Å². The van der Waals surface area contributed by atoms with Gasteiger partial charge in [0.2, 0.25) is 5.91 Å². The molecule has 3 heterocycles. The number of amides is 1. The van der Waals surface area contributed by atoms with Crippen molar-refractivity contribution >= 4 is 28.5 Å². The monoisotopic (exact) mass is 560 g/mol. The first kappa shape index (κ1) is 28.1. The molecule has 0 bridgehead atoms. The highest BCUT2D eigenvalue weighted by Gasteiger charge is 2.18. The number of furan rings is 1. The van der Waals surface area contributed by atoms with E-state index >= 15 is 0 Å². The number of fused-ring (bicyclic) bond motifs is 1. The number of hydrogen-bond donors (Lipinski definition) is 1. The van der Waals surface area contributed by atoms with Crippen LogP contribution in [0.5, 0.6) is 5.75 Å². The Bertz CT molecular complexity index is 1350. The lowest BCUT2D eigenvalue weighted by Gasteiger charge is -2.34. The van der Waals surface area contributed by atoms with Crippen LogP contribution in [0.3, 0.4) is 0 Å². The highest BCUT2D eigenvalue weighted by atomic mass is 35.5. The lowest BCUT2D eigenvalue weighted by molar-refractivity contribution is -0.122. The number of carbonyl (C=O) groups excluding carboxylic acids is 1. The molecule has 40 heavy (non-hydrogen) atoms. The summed E-state index contributed by atoms with van der Waals surface area (Å²) in [6, 6.07) is 17.8. The Balaban J connectivity index is 0.931. The van der Waals surface area contributed by atoms with Gasteiger partial charge in [-0.2, -0.15) is 0 Å². The van der Waals surface area contributed by atoms with Gasteiger partial charge in [-0.3, -0.25) is 14.7 Å². The molecule has 1 saturated heterocycles. The zero-order chi connectivity index (χ0) is 27.6. The van der Waals surface area contributed by atoms with E-state index in [1.807, 2.05) is 54.7 Å². The summed E-state index contributed by atoms with van der Waals surface area (Å²) in [4.78, 5) is 21.2. The van der Waals surface area contributed by atoms with Gasteiger partial charge in [-0.25, -0.2) is 0 Å². The van der Waals surface area contributed by atoms with Crippen LogP contribution in [-0.2, 0) is 11.2 Å². The lowest BCUT2D eigenvalue weighted by Crippen LogP contribution is -2.49. The minimum Gasteiger partial charge on any atom is -0.493 e. The Hall–Kier alpha value is -3.39. The summed E-state index contributed by atoms with van der Waals surface area (Å²) in [6.45, 7) is 6.82. The van der Waals surface area contributed by atoms with Crippen LogP contribution in [0.2, 0.25) is 5.02 Å². The Kier molecular flexibility index (Phi) is 10.1. The predicted octanol–water partition coefficient (Wildman–Crippen LogP) is 5.67. The highest BCUT2D eigenvalue weighted by Crippen LogP contribution is 2.33. The van der Waals surface area contributed by atoms with Crippen molar-refractivity contribution in [3.8, 4) is 16.9 Å². The Morgan fingerprint density at radius 2 is 1.82 bits per heavy atom. The first-order valence-electron chi connectivity index (χ1n) is 14.1. The summed E-state index contributed by atoms with van der Waals surface area (Å²) in [5, 5.41) is 4.82. The first-order valence-corrected chi connectivity index (χ1v) is 14.5. The van der Waals surface area contributed by atoms with Crippen molar-refractivity contribution in [1.29, 1.82) is 0 Å². The number of hydrogen-bond acceptors (Lipinski definition) is 6. The van der Waals surface area contributed by atoms with Crippen LogP contribution in [0.25, 0.3) is 22.1 Å². The number of carbonyl (C=O) groups is 1. The maximum Gasteiger partial charge on any atom is 0.234 e. The number of nitrogens with zero attached hydrogens (tertiary/aromatic N) is 3. The second-order valence-electron chi connectivity index (χ2n) is 10.3. The minimum absolute atomic E-state index is 0.102. The second-order valence-corrected chi connectivity index (χ2v) is 10.7. The van der Waals surface area contributed by atoms with Gasteiger partial charge in [-0.15, -0.1) is 0 Å². The zero-order valence-corrected chi connectivity index (χ0v) is 23.6. The van der Waals surface area contributed by atoms with E-state index in [-0.39, 0.29) is 5.91 Å². The highest BCUT2D eigenvalue weighted by molar-refractivity contribution is 6.30.